The number of nitrogens with zero attached hydrogens (tertiary/aromatic N) is 3. The number of rotatable bonds is 6. The summed E-state index contributed by atoms with van der Waals surface area (Å²) in [6.45, 7) is 3.76. The van der Waals surface area contributed by atoms with E-state index in [0.29, 0.717) is 22.9 Å². The molecule has 3 amide bonds. The van der Waals surface area contributed by atoms with E-state index in [4.69, 9.17) is 10.00 Å². The first-order chi connectivity index (χ1) is 12.6. The molecule has 0 N–H and O–H groups in total. The van der Waals surface area contributed by atoms with Crippen molar-refractivity contribution < 1.29 is 27.5 Å². The first-order valence-corrected chi connectivity index (χ1v) is 9.09. The monoisotopic (exact) mass is 447 g/mol. The number of hydrogen-bond donors (Lipinski definition) is 0. The first kappa shape index (κ1) is 21.2. The lowest BCUT2D eigenvalue weighted by Crippen LogP contribution is -2.45. The van der Waals surface area contributed by atoms with Crippen molar-refractivity contribution >= 4 is 33.6 Å². The van der Waals surface area contributed by atoms with Crippen molar-refractivity contribution in [2.24, 2.45) is 0 Å². The number of hydrogen-bond acceptors (Lipinski definition) is 4. The SMILES string of the molecule is CC1(C)C(=O)N(c2ccc(C#N)c(C(F)(F)F)c2)C(=O)N1CCOCCBr. The Hall–Kier alpha value is -2.12. The third-order valence-corrected chi connectivity index (χ3v) is 4.52. The van der Waals surface area contributed by atoms with Gasteiger partial charge >= 0.3 is 12.2 Å². The highest BCUT2D eigenvalue weighted by molar-refractivity contribution is 9.09. The average molecular weight is 448 g/mol. The number of amides is 3. The van der Waals surface area contributed by atoms with Crippen LogP contribution in [0, 0.1) is 11.3 Å². The molecule has 2 rings (SSSR count). The lowest BCUT2D eigenvalue weighted by atomic mass is 10.0. The Morgan fingerprint density at radius 2 is 1.93 bits per heavy atom. The van der Waals surface area contributed by atoms with E-state index in [2.05, 4.69) is 15.9 Å². The summed E-state index contributed by atoms with van der Waals surface area (Å²) < 4.78 is 44.9. The second-order valence-electron chi connectivity index (χ2n) is 6.27. The molecular weight excluding hydrogens is 431 g/mol. The van der Waals surface area contributed by atoms with Gasteiger partial charge in [0.25, 0.3) is 5.91 Å². The smallest absolute Gasteiger partial charge is 0.379 e. The van der Waals surface area contributed by atoms with Crippen LogP contribution in [0.3, 0.4) is 0 Å². The summed E-state index contributed by atoms with van der Waals surface area (Å²) >= 11 is 3.20. The van der Waals surface area contributed by atoms with Gasteiger partial charge in [-0.15, -0.1) is 0 Å². The molecule has 6 nitrogen and oxygen atoms in total. The highest BCUT2D eigenvalue weighted by atomic mass is 79.9. The van der Waals surface area contributed by atoms with E-state index < -0.39 is 34.8 Å². The molecule has 0 unspecified atom stereocenters. The van der Waals surface area contributed by atoms with Crippen LogP contribution in [0.5, 0.6) is 0 Å². The predicted molar refractivity (Wildman–Crippen MR) is 94.4 cm³/mol. The maximum Gasteiger partial charge on any atom is 0.417 e. The summed E-state index contributed by atoms with van der Waals surface area (Å²) in [6, 6.07) is 3.49. The van der Waals surface area contributed by atoms with Crippen LogP contribution < -0.4 is 4.90 Å². The van der Waals surface area contributed by atoms with Gasteiger partial charge in [0, 0.05) is 11.9 Å². The number of halogens is 4. The molecule has 1 aliphatic rings. The molecular formula is C17H17BrF3N3O3. The van der Waals surface area contributed by atoms with Crippen LogP contribution in [0.2, 0.25) is 0 Å². The number of ether oxygens (including phenoxy) is 1. The molecule has 27 heavy (non-hydrogen) atoms. The molecule has 0 atom stereocenters. The van der Waals surface area contributed by atoms with E-state index in [1.165, 1.54) is 24.8 Å². The molecule has 1 aromatic carbocycles. The Bertz CT molecular complexity index is 790. The quantitative estimate of drug-likeness (QED) is 0.379. The van der Waals surface area contributed by atoms with Crippen molar-refractivity contribution in [2.75, 3.05) is 30.0 Å². The Balaban J connectivity index is 2.37. The third-order valence-electron chi connectivity index (χ3n) is 4.19. The fourth-order valence-corrected chi connectivity index (χ4v) is 2.98. The van der Waals surface area contributed by atoms with Gasteiger partial charge in [0.2, 0.25) is 0 Å². The molecule has 146 valence electrons. The highest BCUT2D eigenvalue weighted by Crippen LogP contribution is 2.37. The van der Waals surface area contributed by atoms with E-state index in [1.807, 2.05) is 0 Å². The molecule has 10 heteroatoms. The number of alkyl halides is 4. The third kappa shape index (κ3) is 4.09. The minimum absolute atomic E-state index is 0.115. The molecule has 0 saturated carbocycles. The van der Waals surface area contributed by atoms with Crippen molar-refractivity contribution in [1.82, 2.24) is 4.90 Å². The number of imide groups is 1. The van der Waals surface area contributed by atoms with Gasteiger partial charge in [0.15, 0.2) is 0 Å². The lowest BCUT2D eigenvalue weighted by molar-refractivity contribution is -0.137. The maximum absolute atomic E-state index is 13.2. The molecule has 0 aromatic heterocycles. The van der Waals surface area contributed by atoms with Gasteiger partial charge in [-0.2, -0.15) is 18.4 Å². The summed E-state index contributed by atoms with van der Waals surface area (Å²) in [6.07, 6.45) is -4.79. The fraction of sp³-hybridized carbons (Fsp3) is 0.471. The summed E-state index contributed by atoms with van der Waals surface area (Å²) in [5, 5.41) is 9.50. The zero-order valence-electron chi connectivity index (χ0n) is 14.6. The normalized spacial score (nSPS) is 16.8. The van der Waals surface area contributed by atoms with E-state index in [-0.39, 0.29) is 18.8 Å². The Morgan fingerprint density at radius 1 is 1.26 bits per heavy atom. The number of urea groups is 1. The zero-order valence-corrected chi connectivity index (χ0v) is 16.2. The topological polar surface area (TPSA) is 73.6 Å². The molecule has 1 fully saturated rings. The summed E-state index contributed by atoms with van der Waals surface area (Å²) in [5.41, 5.74) is -3.24. The summed E-state index contributed by atoms with van der Waals surface area (Å²) in [7, 11) is 0. The first-order valence-electron chi connectivity index (χ1n) is 7.97. The minimum atomic E-state index is -4.79. The van der Waals surface area contributed by atoms with E-state index >= 15 is 0 Å². The second kappa shape index (κ2) is 7.86. The molecule has 0 spiro atoms. The molecule has 0 radical (unpaired) electrons. The Morgan fingerprint density at radius 3 is 2.48 bits per heavy atom. The standard InChI is InChI=1S/C17H17BrF3N3O3/c1-16(2)14(25)24(15(26)23(16)6-8-27-7-5-18)12-4-3-11(10-22)13(9-12)17(19,20)21/h3-4,9H,5-8H2,1-2H3. The number of benzene rings is 1. The van der Waals surface area contributed by atoms with Crippen LogP contribution in [-0.4, -0.2) is 47.5 Å². The molecule has 0 aliphatic carbocycles. The Kier molecular flexibility index (Phi) is 6.17. The van der Waals surface area contributed by atoms with Gasteiger partial charge in [-0.3, -0.25) is 4.79 Å². The molecule has 1 heterocycles. The molecule has 1 aromatic rings. The summed E-state index contributed by atoms with van der Waals surface area (Å²) in [5.74, 6) is -0.647. The van der Waals surface area contributed by atoms with Crippen LogP contribution >= 0.6 is 15.9 Å². The van der Waals surface area contributed by atoms with Gasteiger partial charge in [0.05, 0.1) is 36.1 Å². The van der Waals surface area contributed by atoms with Crippen LogP contribution in [0.15, 0.2) is 18.2 Å². The van der Waals surface area contributed by atoms with E-state index in [1.54, 1.807) is 0 Å². The average Bonchev–Trinajstić information content (AvgIpc) is 2.76. The van der Waals surface area contributed by atoms with Crippen molar-refractivity contribution in [2.45, 2.75) is 25.6 Å². The number of carbonyl (C=O) groups excluding carboxylic acids is 2. The van der Waals surface area contributed by atoms with Crippen molar-refractivity contribution in [1.29, 1.82) is 5.26 Å². The van der Waals surface area contributed by atoms with E-state index in [0.717, 1.165) is 12.1 Å². The number of nitriles is 1. The van der Waals surface area contributed by atoms with Crippen molar-refractivity contribution in [3.8, 4) is 6.07 Å². The van der Waals surface area contributed by atoms with Crippen LogP contribution in [0.1, 0.15) is 25.0 Å². The van der Waals surface area contributed by atoms with Gasteiger partial charge in [-0.05, 0) is 32.0 Å². The fourth-order valence-electron chi connectivity index (χ4n) is 2.75. The van der Waals surface area contributed by atoms with Crippen molar-refractivity contribution in [3.63, 3.8) is 0 Å². The van der Waals surface area contributed by atoms with Crippen LogP contribution in [0.4, 0.5) is 23.7 Å². The lowest BCUT2D eigenvalue weighted by Gasteiger charge is -2.27. The molecule has 1 saturated heterocycles. The molecule has 1 aliphatic heterocycles. The van der Waals surface area contributed by atoms with Gasteiger partial charge in [0.1, 0.15) is 5.54 Å². The number of anilines is 1. The molecule has 0 bridgehead atoms. The minimum Gasteiger partial charge on any atom is -0.379 e. The summed E-state index contributed by atoms with van der Waals surface area (Å²) in [4.78, 5) is 27.4. The highest BCUT2D eigenvalue weighted by Gasteiger charge is 2.52. The van der Waals surface area contributed by atoms with Crippen LogP contribution in [0.25, 0.3) is 0 Å². The van der Waals surface area contributed by atoms with Gasteiger partial charge in [-0.25, -0.2) is 9.69 Å². The predicted octanol–water partition coefficient (Wildman–Crippen LogP) is 3.54. The Labute approximate surface area is 162 Å². The number of carbonyl (C=O) groups is 2. The largest absolute Gasteiger partial charge is 0.417 e. The second-order valence-corrected chi connectivity index (χ2v) is 7.07. The van der Waals surface area contributed by atoms with E-state index in [9.17, 15) is 22.8 Å². The van der Waals surface area contributed by atoms with Gasteiger partial charge < -0.3 is 9.64 Å². The van der Waals surface area contributed by atoms with Gasteiger partial charge in [-0.1, -0.05) is 15.9 Å². The van der Waals surface area contributed by atoms with Crippen LogP contribution in [-0.2, 0) is 15.7 Å². The maximum atomic E-state index is 13.2. The zero-order chi connectivity index (χ0) is 20.4. The van der Waals surface area contributed by atoms with Crippen molar-refractivity contribution in [3.05, 3.63) is 29.3 Å².